The van der Waals surface area contributed by atoms with Crippen molar-refractivity contribution in [1.82, 2.24) is 19.5 Å². The van der Waals surface area contributed by atoms with E-state index in [1.165, 1.54) is 0 Å². The summed E-state index contributed by atoms with van der Waals surface area (Å²) in [5.74, 6) is 1.13. The number of imidazole rings is 1. The van der Waals surface area contributed by atoms with Gasteiger partial charge in [-0.15, -0.1) is 11.6 Å². The van der Waals surface area contributed by atoms with Crippen molar-refractivity contribution in [3.8, 4) is 11.4 Å². The van der Waals surface area contributed by atoms with Crippen molar-refractivity contribution < 1.29 is 4.52 Å². The maximum absolute atomic E-state index is 5.61. The van der Waals surface area contributed by atoms with Crippen molar-refractivity contribution in [2.75, 3.05) is 0 Å². The summed E-state index contributed by atoms with van der Waals surface area (Å²) in [6, 6.07) is 3.80. The van der Waals surface area contributed by atoms with Gasteiger partial charge in [-0.1, -0.05) is 5.16 Å². The van der Waals surface area contributed by atoms with Crippen LogP contribution < -0.4 is 0 Å². The molecule has 0 aliphatic heterocycles. The van der Waals surface area contributed by atoms with Crippen LogP contribution in [0.2, 0.25) is 0 Å². The minimum absolute atomic E-state index is 0.213. The third-order valence-corrected chi connectivity index (χ3v) is 2.47. The minimum Gasteiger partial charge on any atom is -0.338 e. The Balaban J connectivity index is 2.21. The van der Waals surface area contributed by atoms with Crippen LogP contribution in [0.1, 0.15) is 5.89 Å². The topological polar surface area (TPSA) is 56.2 Å². The van der Waals surface area contributed by atoms with Gasteiger partial charge in [0.05, 0.1) is 5.56 Å². The van der Waals surface area contributed by atoms with Crippen LogP contribution in [0.25, 0.3) is 17.0 Å². The molecule has 0 saturated carbocycles. The molecule has 0 aliphatic carbocycles. The van der Waals surface area contributed by atoms with Crippen LogP contribution in [-0.4, -0.2) is 19.5 Å². The Morgan fingerprint density at radius 3 is 3.12 bits per heavy atom. The number of fused-ring (bicyclic) bond motifs is 1. The molecule has 6 heteroatoms. The second-order valence-corrected chi connectivity index (χ2v) is 3.49. The number of pyridine rings is 1. The Labute approximate surface area is 95.7 Å². The lowest BCUT2D eigenvalue weighted by molar-refractivity contribution is 0.391. The predicted octanol–water partition coefficient (Wildman–Crippen LogP) is 2.12. The summed E-state index contributed by atoms with van der Waals surface area (Å²) in [5, 5.41) is 3.86. The summed E-state index contributed by atoms with van der Waals surface area (Å²) in [6.07, 6.45) is 5.50. The van der Waals surface area contributed by atoms with E-state index in [1.807, 2.05) is 28.9 Å². The lowest BCUT2D eigenvalue weighted by Crippen LogP contribution is -1.88. The first-order valence-electron chi connectivity index (χ1n) is 4.69. The second-order valence-electron chi connectivity index (χ2n) is 3.23. The van der Waals surface area contributed by atoms with E-state index >= 15 is 0 Å². The van der Waals surface area contributed by atoms with Crippen LogP contribution in [-0.2, 0) is 5.88 Å². The lowest BCUT2D eigenvalue weighted by atomic mass is 10.2. The van der Waals surface area contributed by atoms with Crippen molar-refractivity contribution in [1.29, 1.82) is 0 Å². The van der Waals surface area contributed by atoms with Crippen molar-refractivity contribution in [2.45, 2.75) is 5.88 Å². The van der Waals surface area contributed by atoms with E-state index in [2.05, 4.69) is 15.1 Å². The van der Waals surface area contributed by atoms with E-state index in [0.29, 0.717) is 11.7 Å². The maximum Gasteiger partial charge on any atom is 0.241 e. The molecule has 3 aromatic rings. The normalized spacial score (nSPS) is 11.1. The molecule has 0 amide bonds. The Kier molecular flexibility index (Phi) is 2.11. The lowest BCUT2D eigenvalue weighted by Gasteiger charge is -1.97. The molecule has 3 aromatic heterocycles. The minimum atomic E-state index is 0.213. The largest absolute Gasteiger partial charge is 0.338 e. The number of nitrogens with zero attached hydrogens (tertiary/aromatic N) is 4. The molecular weight excluding hydrogens is 228 g/mol. The molecule has 16 heavy (non-hydrogen) atoms. The Morgan fingerprint density at radius 2 is 2.31 bits per heavy atom. The molecule has 5 nitrogen and oxygen atoms in total. The summed E-state index contributed by atoms with van der Waals surface area (Å²) in [7, 11) is 0. The highest BCUT2D eigenvalue weighted by Gasteiger charge is 2.11. The zero-order valence-corrected chi connectivity index (χ0v) is 8.92. The molecule has 3 heterocycles. The maximum atomic E-state index is 5.61. The SMILES string of the molecule is ClCc1nc(-c2cccn3ccnc23)no1. The Bertz CT molecular complexity index is 630. The van der Waals surface area contributed by atoms with Crippen LogP contribution in [0.3, 0.4) is 0 Å². The molecule has 3 rings (SSSR count). The fraction of sp³-hybridized carbons (Fsp3) is 0.100. The molecule has 0 unspecified atom stereocenters. The number of aromatic nitrogens is 4. The summed E-state index contributed by atoms with van der Waals surface area (Å²) in [6.45, 7) is 0. The van der Waals surface area contributed by atoms with Gasteiger partial charge in [0.2, 0.25) is 11.7 Å². The highest BCUT2D eigenvalue weighted by atomic mass is 35.5. The van der Waals surface area contributed by atoms with Gasteiger partial charge in [0.25, 0.3) is 0 Å². The predicted molar refractivity (Wildman–Crippen MR) is 58.0 cm³/mol. The third-order valence-electron chi connectivity index (χ3n) is 2.24. The highest BCUT2D eigenvalue weighted by molar-refractivity contribution is 6.16. The molecule has 0 saturated heterocycles. The number of rotatable bonds is 2. The molecule has 0 N–H and O–H groups in total. The van der Waals surface area contributed by atoms with Crippen LogP contribution in [0.4, 0.5) is 0 Å². The standard InChI is InChI=1S/C10H7ClN4O/c11-6-8-13-9(14-16-8)7-2-1-4-15-5-3-12-10(7)15/h1-5H,6H2. The summed E-state index contributed by atoms with van der Waals surface area (Å²) >= 11 is 5.61. The molecule has 0 atom stereocenters. The van der Waals surface area contributed by atoms with Gasteiger partial charge >= 0.3 is 0 Å². The highest BCUT2D eigenvalue weighted by Crippen LogP contribution is 2.20. The molecule has 0 radical (unpaired) electrons. The number of halogens is 1. The van der Waals surface area contributed by atoms with E-state index in [9.17, 15) is 0 Å². The first-order valence-corrected chi connectivity index (χ1v) is 5.22. The van der Waals surface area contributed by atoms with E-state index in [1.54, 1.807) is 6.20 Å². The summed E-state index contributed by atoms with van der Waals surface area (Å²) in [4.78, 5) is 8.40. The van der Waals surface area contributed by atoms with Crippen LogP contribution in [0.15, 0.2) is 35.2 Å². The fourth-order valence-corrected chi connectivity index (χ4v) is 1.65. The summed E-state index contributed by atoms with van der Waals surface area (Å²) in [5.41, 5.74) is 1.62. The monoisotopic (exact) mass is 234 g/mol. The van der Waals surface area contributed by atoms with Gasteiger partial charge < -0.3 is 8.92 Å². The molecule has 80 valence electrons. The number of hydrogen-bond acceptors (Lipinski definition) is 4. The fourth-order valence-electron chi connectivity index (χ4n) is 1.54. The molecule has 0 spiro atoms. The number of alkyl halides is 1. The van der Waals surface area contributed by atoms with Gasteiger partial charge in [-0.3, -0.25) is 0 Å². The van der Waals surface area contributed by atoms with Gasteiger partial charge in [0.1, 0.15) is 11.5 Å². The molecule has 0 aromatic carbocycles. The molecule has 0 bridgehead atoms. The van der Waals surface area contributed by atoms with Gasteiger partial charge in [-0.25, -0.2) is 4.98 Å². The Morgan fingerprint density at radius 1 is 1.38 bits per heavy atom. The van der Waals surface area contributed by atoms with E-state index in [-0.39, 0.29) is 5.88 Å². The van der Waals surface area contributed by atoms with Crippen LogP contribution in [0.5, 0.6) is 0 Å². The van der Waals surface area contributed by atoms with E-state index in [4.69, 9.17) is 16.1 Å². The zero-order chi connectivity index (χ0) is 11.0. The van der Waals surface area contributed by atoms with Gasteiger partial charge in [0, 0.05) is 18.6 Å². The van der Waals surface area contributed by atoms with Gasteiger partial charge in [-0.05, 0) is 12.1 Å². The third kappa shape index (κ3) is 1.37. The average Bonchev–Trinajstić information content (AvgIpc) is 2.97. The van der Waals surface area contributed by atoms with Gasteiger partial charge in [0.15, 0.2) is 0 Å². The number of hydrogen-bond donors (Lipinski definition) is 0. The van der Waals surface area contributed by atoms with E-state index < -0.39 is 0 Å². The van der Waals surface area contributed by atoms with Crippen molar-refractivity contribution in [2.24, 2.45) is 0 Å². The molecule has 0 fully saturated rings. The zero-order valence-electron chi connectivity index (χ0n) is 8.17. The smallest absolute Gasteiger partial charge is 0.241 e. The molecular formula is C10H7ClN4O. The summed E-state index contributed by atoms with van der Waals surface area (Å²) < 4.78 is 6.86. The molecule has 0 aliphatic rings. The van der Waals surface area contributed by atoms with Crippen LogP contribution >= 0.6 is 11.6 Å². The second kappa shape index (κ2) is 3.61. The first kappa shape index (κ1) is 9.35. The van der Waals surface area contributed by atoms with Crippen molar-refractivity contribution >= 4 is 17.2 Å². The van der Waals surface area contributed by atoms with Gasteiger partial charge in [-0.2, -0.15) is 4.98 Å². The average molecular weight is 235 g/mol. The van der Waals surface area contributed by atoms with E-state index in [0.717, 1.165) is 11.2 Å². The Hall–Kier alpha value is -1.88. The van der Waals surface area contributed by atoms with Crippen LogP contribution in [0, 0.1) is 0 Å². The quantitative estimate of drug-likeness (QED) is 0.638. The van der Waals surface area contributed by atoms with Crippen molar-refractivity contribution in [3.63, 3.8) is 0 Å². The first-order chi connectivity index (χ1) is 7.88. The van der Waals surface area contributed by atoms with Crippen molar-refractivity contribution in [3.05, 3.63) is 36.6 Å².